The van der Waals surface area contributed by atoms with E-state index < -0.39 is 0 Å². The molecule has 1 radical (unpaired) electrons. The van der Waals surface area contributed by atoms with Crippen LogP contribution in [0.3, 0.4) is 0 Å². The monoisotopic (exact) mass is 161 g/mol. The highest BCUT2D eigenvalue weighted by atomic mass is 14.0. The van der Waals surface area contributed by atoms with Crippen LogP contribution in [0.1, 0.15) is 33.6 Å². The molecule has 12 heavy (non-hydrogen) atoms. The predicted molar refractivity (Wildman–Crippen MR) is 54.1 cm³/mol. The molecule has 0 heterocycles. The summed E-state index contributed by atoms with van der Waals surface area (Å²) in [6.07, 6.45) is 2.01. The number of hydrogen-bond donors (Lipinski definition) is 0. The van der Waals surface area contributed by atoms with E-state index in [0.717, 1.165) is 12.8 Å². The Morgan fingerprint density at radius 3 is 2.42 bits per heavy atom. The van der Waals surface area contributed by atoms with Crippen molar-refractivity contribution < 1.29 is 0 Å². The molecule has 0 aliphatic rings. The van der Waals surface area contributed by atoms with Crippen LogP contribution in [0.15, 0.2) is 0 Å². The van der Waals surface area contributed by atoms with Crippen LogP contribution in [0.2, 0.25) is 0 Å². The van der Waals surface area contributed by atoms with Gasteiger partial charge in [0.25, 0.3) is 0 Å². The average Bonchev–Trinajstić information content (AvgIpc) is 1.98. The number of rotatable bonds is 2. The van der Waals surface area contributed by atoms with E-state index in [9.17, 15) is 0 Å². The van der Waals surface area contributed by atoms with Gasteiger partial charge >= 0.3 is 0 Å². The highest BCUT2D eigenvalue weighted by Gasteiger charge is 1.93. The lowest BCUT2D eigenvalue weighted by atomic mass is 10.1. The highest BCUT2D eigenvalue weighted by molar-refractivity contribution is 5.05. The Morgan fingerprint density at radius 2 is 1.92 bits per heavy atom. The molecule has 0 N–H and O–H groups in total. The summed E-state index contributed by atoms with van der Waals surface area (Å²) < 4.78 is 0. The molecule has 0 aliphatic heterocycles. The molecule has 0 spiro atoms. The third-order valence-electron chi connectivity index (χ3n) is 1.44. The van der Waals surface area contributed by atoms with Gasteiger partial charge in [-0.1, -0.05) is 13.8 Å². The quantitative estimate of drug-likeness (QED) is 0.546. The topological polar surface area (TPSA) is 0 Å². The fourth-order valence-electron chi connectivity index (χ4n) is 0.854. The lowest BCUT2D eigenvalue weighted by molar-refractivity contribution is 0.686. The first-order valence-corrected chi connectivity index (χ1v) is 4.40. The first-order valence-electron chi connectivity index (χ1n) is 4.40. The van der Waals surface area contributed by atoms with E-state index >= 15 is 0 Å². The molecule has 0 aromatic rings. The van der Waals surface area contributed by atoms with Crippen LogP contribution in [-0.2, 0) is 0 Å². The average molecular weight is 161 g/mol. The minimum absolute atomic E-state index is 0.248. The van der Waals surface area contributed by atoms with Gasteiger partial charge in [0.05, 0.1) is 0 Å². The largest absolute Gasteiger partial charge is 0.106 e. The molecule has 0 aromatic heterocycles. The summed E-state index contributed by atoms with van der Waals surface area (Å²) in [4.78, 5) is 0. The van der Waals surface area contributed by atoms with Crippen LogP contribution in [0, 0.1) is 42.4 Å². The summed E-state index contributed by atoms with van der Waals surface area (Å²) in [7, 11) is 0. The molecule has 0 saturated carbocycles. The molecule has 2 unspecified atom stereocenters. The van der Waals surface area contributed by atoms with Gasteiger partial charge in [0.15, 0.2) is 0 Å². The molecule has 0 heteroatoms. The smallest absolute Gasteiger partial charge is 0.0183 e. The first kappa shape index (κ1) is 11.1. The van der Waals surface area contributed by atoms with Crippen molar-refractivity contribution in [1.29, 1.82) is 0 Å². The van der Waals surface area contributed by atoms with Crippen LogP contribution in [0.25, 0.3) is 0 Å². The van der Waals surface area contributed by atoms with Gasteiger partial charge in [-0.15, -0.1) is 23.7 Å². The SMILES string of the molecule is [CH2]C(C)C#CCCC(C)C#CC. The Hall–Kier alpha value is -0.880. The second kappa shape index (κ2) is 6.81. The van der Waals surface area contributed by atoms with Crippen molar-refractivity contribution >= 4 is 0 Å². The van der Waals surface area contributed by atoms with E-state index in [4.69, 9.17) is 0 Å². The molecule has 2 atom stereocenters. The summed E-state index contributed by atoms with van der Waals surface area (Å²) in [5.74, 6) is 12.9. The second-order valence-electron chi connectivity index (χ2n) is 3.06. The zero-order chi connectivity index (χ0) is 9.40. The minimum atomic E-state index is 0.248. The van der Waals surface area contributed by atoms with Crippen molar-refractivity contribution in [2.75, 3.05) is 0 Å². The van der Waals surface area contributed by atoms with E-state index in [-0.39, 0.29) is 5.92 Å². The Balaban J connectivity index is 3.56. The van der Waals surface area contributed by atoms with Crippen LogP contribution in [0.4, 0.5) is 0 Å². The van der Waals surface area contributed by atoms with Crippen LogP contribution < -0.4 is 0 Å². The van der Waals surface area contributed by atoms with Crippen molar-refractivity contribution in [2.45, 2.75) is 33.6 Å². The normalized spacial score (nSPS) is 11.1. The fourth-order valence-corrected chi connectivity index (χ4v) is 0.854. The molecule has 0 rings (SSSR count). The number of hydrogen-bond acceptors (Lipinski definition) is 0. The molecule has 0 bridgehead atoms. The predicted octanol–water partition coefficient (Wildman–Crippen LogP) is 2.90. The standard InChI is InChI=1S/C12H17/c1-5-8-12(4)10-7-6-9-11(2)3/h11-12H,2,7,10H2,1,3-4H3. The summed E-state index contributed by atoms with van der Waals surface area (Å²) in [5, 5.41) is 0. The van der Waals surface area contributed by atoms with Crippen molar-refractivity contribution in [3.63, 3.8) is 0 Å². The first-order chi connectivity index (χ1) is 5.66. The van der Waals surface area contributed by atoms with E-state index in [1.54, 1.807) is 0 Å². The van der Waals surface area contributed by atoms with Gasteiger partial charge in [0, 0.05) is 18.3 Å². The van der Waals surface area contributed by atoms with Gasteiger partial charge in [-0.3, -0.25) is 0 Å². The molecular weight excluding hydrogens is 144 g/mol. The summed E-state index contributed by atoms with van der Waals surface area (Å²) in [5.41, 5.74) is 0. The molecule has 0 nitrogen and oxygen atoms in total. The highest BCUT2D eigenvalue weighted by Crippen LogP contribution is 2.02. The Bertz CT molecular complexity index is 214. The van der Waals surface area contributed by atoms with E-state index in [2.05, 4.69) is 37.5 Å². The molecule has 0 fully saturated rings. The Morgan fingerprint density at radius 1 is 1.25 bits per heavy atom. The molecule has 0 aliphatic carbocycles. The van der Waals surface area contributed by atoms with Crippen LogP contribution in [-0.4, -0.2) is 0 Å². The van der Waals surface area contributed by atoms with Crippen LogP contribution in [0.5, 0.6) is 0 Å². The molecule has 0 saturated heterocycles. The van der Waals surface area contributed by atoms with Gasteiger partial charge in [0.1, 0.15) is 0 Å². The van der Waals surface area contributed by atoms with Crippen molar-refractivity contribution in [2.24, 2.45) is 11.8 Å². The summed E-state index contributed by atoms with van der Waals surface area (Å²) in [6.45, 7) is 9.80. The minimum Gasteiger partial charge on any atom is -0.106 e. The van der Waals surface area contributed by atoms with E-state index in [1.807, 2.05) is 13.8 Å². The molecule has 0 amide bonds. The second-order valence-corrected chi connectivity index (χ2v) is 3.06. The molecule has 0 aromatic carbocycles. The third kappa shape index (κ3) is 7.23. The zero-order valence-electron chi connectivity index (χ0n) is 8.28. The van der Waals surface area contributed by atoms with E-state index in [1.165, 1.54) is 0 Å². The maximum atomic E-state index is 3.79. The Labute approximate surface area is 76.8 Å². The van der Waals surface area contributed by atoms with Crippen LogP contribution >= 0.6 is 0 Å². The lowest BCUT2D eigenvalue weighted by Gasteiger charge is -1.97. The Kier molecular flexibility index (Phi) is 6.31. The maximum Gasteiger partial charge on any atom is 0.0183 e. The van der Waals surface area contributed by atoms with Gasteiger partial charge < -0.3 is 0 Å². The van der Waals surface area contributed by atoms with Gasteiger partial charge in [0.2, 0.25) is 0 Å². The van der Waals surface area contributed by atoms with Crippen molar-refractivity contribution in [3.8, 4) is 23.7 Å². The molecular formula is C12H17. The fraction of sp³-hybridized carbons (Fsp3) is 0.583. The van der Waals surface area contributed by atoms with Gasteiger partial charge in [-0.2, -0.15) is 0 Å². The zero-order valence-corrected chi connectivity index (χ0v) is 8.28. The summed E-state index contributed by atoms with van der Waals surface area (Å²) in [6, 6.07) is 0. The van der Waals surface area contributed by atoms with Gasteiger partial charge in [-0.05, 0) is 20.3 Å². The maximum absolute atomic E-state index is 3.79. The van der Waals surface area contributed by atoms with Gasteiger partial charge in [-0.25, -0.2) is 0 Å². The van der Waals surface area contributed by atoms with Crippen molar-refractivity contribution in [1.82, 2.24) is 0 Å². The molecule has 65 valence electrons. The lowest BCUT2D eigenvalue weighted by Crippen LogP contribution is -1.88. The van der Waals surface area contributed by atoms with Crippen molar-refractivity contribution in [3.05, 3.63) is 6.92 Å². The third-order valence-corrected chi connectivity index (χ3v) is 1.44. The summed E-state index contributed by atoms with van der Waals surface area (Å²) >= 11 is 0. The van der Waals surface area contributed by atoms with E-state index in [0.29, 0.717) is 5.92 Å².